The van der Waals surface area contributed by atoms with Crippen LogP contribution in [0.5, 0.6) is 0 Å². The summed E-state index contributed by atoms with van der Waals surface area (Å²) in [7, 11) is 0. The van der Waals surface area contributed by atoms with E-state index in [0.717, 1.165) is 5.56 Å². The molecule has 1 unspecified atom stereocenters. The zero-order chi connectivity index (χ0) is 16.1. The van der Waals surface area contributed by atoms with Gasteiger partial charge in [0.1, 0.15) is 5.82 Å². The Kier molecular flexibility index (Phi) is 5.88. The van der Waals surface area contributed by atoms with E-state index in [9.17, 15) is 4.79 Å². The zero-order valence-electron chi connectivity index (χ0n) is 12.4. The lowest BCUT2D eigenvalue weighted by Crippen LogP contribution is -2.24. The molecule has 22 heavy (non-hydrogen) atoms. The fraction of sp³-hybridized carbons (Fsp3) is 0.333. The van der Waals surface area contributed by atoms with E-state index in [2.05, 4.69) is 10.4 Å². The summed E-state index contributed by atoms with van der Waals surface area (Å²) < 4.78 is 1.58. The topological polar surface area (TPSA) is 67.2 Å². The second-order valence-electron chi connectivity index (χ2n) is 4.74. The Labute approximate surface area is 138 Å². The van der Waals surface area contributed by atoms with Crippen LogP contribution in [-0.2, 0) is 11.3 Å². The highest BCUT2D eigenvalue weighted by molar-refractivity contribution is 7.99. The largest absolute Gasteiger partial charge is 0.394 e. The highest BCUT2D eigenvalue weighted by atomic mass is 35.5. The molecule has 1 aromatic carbocycles. The van der Waals surface area contributed by atoms with Crippen molar-refractivity contribution < 1.29 is 9.90 Å². The number of carbonyl (C=O) groups is 1. The summed E-state index contributed by atoms with van der Waals surface area (Å²) in [6, 6.07) is 9.12. The summed E-state index contributed by atoms with van der Waals surface area (Å²) >= 11 is 7.47. The standard InChI is InChI=1S/C15H18ClN3O2S/c1-10(22-2)15(21)17-14-9-13(18-19(14)6-7-20)11-4-3-5-12(16)8-11/h3-5,8-10,20H,6-7H2,1-2H3,(H,17,21). The van der Waals surface area contributed by atoms with Crippen LogP contribution in [-0.4, -0.2) is 38.9 Å². The van der Waals surface area contributed by atoms with E-state index in [1.54, 1.807) is 16.8 Å². The molecule has 1 heterocycles. The molecule has 1 atom stereocenters. The first-order valence-corrected chi connectivity index (χ1v) is 8.50. The minimum Gasteiger partial charge on any atom is -0.394 e. The van der Waals surface area contributed by atoms with Gasteiger partial charge in [-0.15, -0.1) is 0 Å². The normalized spacial score (nSPS) is 12.2. The van der Waals surface area contributed by atoms with E-state index < -0.39 is 0 Å². The highest BCUT2D eigenvalue weighted by Gasteiger charge is 2.16. The molecule has 0 spiro atoms. The molecule has 2 rings (SSSR count). The summed E-state index contributed by atoms with van der Waals surface area (Å²) in [6.07, 6.45) is 1.88. The molecule has 1 aromatic heterocycles. The van der Waals surface area contributed by atoms with Crippen molar-refractivity contribution in [2.75, 3.05) is 18.2 Å². The quantitative estimate of drug-likeness (QED) is 0.849. The molecular formula is C15H18ClN3O2S. The number of hydrogen-bond acceptors (Lipinski definition) is 4. The minimum absolute atomic E-state index is 0.0579. The number of nitrogens with zero attached hydrogens (tertiary/aromatic N) is 2. The van der Waals surface area contributed by atoms with Crippen LogP contribution in [0.25, 0.3) is 11.3 Å². The van der Waals surface area contributed by atoms with Gasteiger partial charge in [-0.25, -0.2) is 4.68 Å². The predicted octanol–water partition coefficient (Wildman–Crippen LogP) is 2.89. The number of thioether (sulfide) groups is 1. The van der Waals surface area contributed by atoms with Crippen molar-refractivity contribution >= 4 is 35.1 Å². The number of aromatic nitrogens is 2. The van der Waals surface area contributed by atoms with E-state index in [-0.39, 0.29) is 17.8 Å². The van der Waals surface area contributed by atoms with Crippen molar-refractivity contribution in [3.63, 3.8) is 0 Å². The van der Waals surface area contributed by atoms with Gasteiger partial charge in [-0.05, 0) is 25.3 Å². The van der Waals surface area contributed by atoms with Gasteiger partial charge < -0.3 is 10.4 Å². The van der Waals surface area contributed by atoms with E-state index in [1.165, 1.54) is 11.8 Å². The van der Waals surface area contributed by atoms with E-state index >= 15 is 0 Å². The van der Waals surface area contributed by atoms with Crippen LogP contribution in [0.3, 0.4) is 0 Å². The van der Waals surface area contributed by atoms with E-state index in [4.69, 9.17) is 16.7 Å². The molecule has 7 heteroatoms. The maximum atomic E-state index is 12.0. The third-order valence-corrected chi connectivity index (χ3v) is 4.34. The molecule has 0 radical (unpaired) electrons. The number of aliphatic hydroxyl groups is 1. The number of aliphatic hydroxyl groups excluding tert-OH is 1. The van der Waals surface area contributed by atoms with Gasteiger partial charge in [0.2, 0.25) is 5.91 Å². The number of amides is 1. The third kappa shape index (κ3) is 4.03. The molecule has 0 saturated carbocycles. The fourth-order valence-electron chi connectivity index (χ4n) is 1.91. The fourth-order valence-corrected chi connectivity index (χ4v) is 2.37. The molecular weight excluding hydrogens is 322 g/mol. The molecule has 0 aliphatic rings. The second-order valence-corrected chi connectivity index (χ2v) is 6.35. The number of nitrogens with one attached hydrogen (secondary N) is 1. The molecule has 0 saturated heterocycles. The Balaban J connectivity index is 2.31. The van der Waals surface area contributed by atoms with Crippen molar-refractivity contribution in [2.24, 2.45) is 0 Å². The Morgan fingerprint density at radius 1 is 1.50 bits per heavy atom. The Hall–Kier alpha value is -1.50. The van der Waals surface area contributed by atoms with Gasteiger partial charge >= 0.3 is 0 Å². The summed E-state index contributed by atoms with van der Waals surface area (Å²) in [5.41, 5.74) is 1.56. The van der Waals surface area contributed by atoms with Gasteiger partial charge in [0.15, 0.2) is 0 Å². The Bertz CT molecular complexity index is 660. The van der Waals surface area contributed by atoms with Crippen LogP contribution in [0, 0.1) is 0 Å². The van der Waals surface area contributed by atoms with Gasteiger partial charge in [-0.3, -0.25) is 4.79 Å². The van der Waals surface area contributed by atoms with Crippen LogP contribution >= 0.6 is 23.4 Å². The van der Waals surface area contributed by atoms with Gasteiger partial charge in [0.05, 0.1) is 24.1 Å². The van der Waals surface area contributed by atoms with Gasteiger partial charge in [0, 0.05) is 16.7 Å². The summed E-state index contributed by atoms with van der Waals surface area (Å²) in [6.45, 7) is 2.09. The molecule has 1 amide bonds. The van der Waals surface area contributed by atoms with Crippen molar-refractivity contribution in [3.8, 4) is 11.3 Å². The van der Waals surface area contributed by atoms with Crippen molar-refractivity contribution in [2.45, 2.75) is 18.7 Å². The number of rotatable bonds is 6. The lowest BCUT2D eigenvalue weighted by Gasteiger charge is -2.10. The van der Waals surface area contributed by atoms with Crippen LogP contribution in [0.2, 0.25) is 5.02 Å². The summed E-state index contributed by atoms with van der Waals surface area (Å²) in [5.74, 6) is 0.471. The monoisotopic (exact) mass is 339 g/mol. The Morgan fingerprint density at radius 2 is 2.27 bits per heavy atom. The lowest BCUT2D eigenvalue weighted by molar-refractivity contribution is -0.115. The molecule has 0 aliphatic carbocycles. The van der Waals surface area contributed by atoms with Crippen molar-refractivity contribution in [1.29, 1.82) is 0 Å². The van der Waals surface area contributed by atoms with Crippen LogP contribution < -0.4 is 5.32 Å². The molecule has 0 bridgehead atoms. The summed E-state index contributed by atoms with van der Waals surface area (Å²) in [4.78, 5) is 12.0. The van der Waals surface area contributed by atoms with Crippen LogP contribution in [0.4, 0.5) is 5.82 Å². The molecule has 2 aromatic rings. The van der Waals surface area contributed by atoms with Crippen LogP contribution in [0.15, 0.2) is 30.3 Å². The average molecular weight is 340 g/mol. The van der Waals surface area contributed by atoms with Gasteiger partial charge in [0.25, 0.3) is 0 Å². The number of carbonyl (C=O) groups excluding carboxylic acids is 1. The average Bonchev–Trinajstić information content (AvgIpc) is 2.89. The van der Waals surface area contributed by atoms with Gasteiger partial charge in [-0.2, -0.15) is 16.9 Å². The number of halogens is 1. The number of anilines is 1. The molecule has 2 N–H and O–H groups in total. The first-order valence-electron chi connectivity index (χ1n) is 6.83. The first-order chi connectivity index (χ1) is 10.5. The maximum Gasteiger partial charge on any atom is 0.238 e. The van der Waals surface area contributed by atoms with E-state index in [0.29, 0.717) is 23.1 Å². The van der Waals surface area contributed by atoms with Crippen LogP contribution in [0.1, 0.15) is 6.92 Å². The van der Waals surface area contributed by atoms with Crippen molar-refractivity contribution in [3.05, 3.63) is 35.4 Å². The number of benzene rings is 1. The number of hydrogen-bond donors (Lipinski definition) is 2. The minimum atomic E-state index is -0.160. The maximum absolute atomic E-state index is 12.0. The second kappa shape index (κ2) is 7.67. The molecule has 5 nitrogen and oxygen atoms in total. The summed E-state index contributed by atoms with van der Waals surface area (Å²) in [5, 5.41) is 16.9. The molecule has 118 valence electrons. The highest BCUT2D eigenvalue weighted by Crippen LogP contribution is 2.25. The van der Waals surface area contributed by atoms with Crippen molar-refractivity contribution in [1.82, 2.24) is 9.78 Å². The van der Waals surface area contributed by atoms with Gasteiger partial charge in [-0.1, -0.05) is 23.7 Å². The third-order valence-electron chi connectivity index (χ3n) is 3.19. The molecule has 0 aliphatic heterocycles. The smallest absolute Gasteiger partial charge is 0.238 e. The molecule has 0 fully saturated rings. The SMILES string of the molecule is CSC(C)C(=O)Nc1cc(-c2cccc(Cl)c2)nn1CCO. The van der Waals surface area contributed by atoms with E-state index in [1.807, 2.05) is 31.4 Å². The Morgan fingerprint density at radius 3 is 2.91 bits per heavy atom. The lowest BCUT2D eigenvalue weighted by atomic mass is 10.1. The zero-order valence-corrected chi connectivity index (χ0v) is 14.0. The predicted molar refractivity (Wildman–Crippen MR) is 91.4 cm³/mol. The first kappa shape index (κ1) is 16.9.